The van der Waals surface area contributed by atoms with Crippen molar-refractivity contribution in [1.82, 2.24) is 4.90 Å². The maximum atomic E-state index is 12.1. The molecule has 2 rings (SSSR count). The smallest absolute Gasteiger partial charge is 0.260 e. The molecular weight excluding hydrogens is 282 g/mol. The van der Waals surface area contributed by atoms with Gasteiger partial charge >= 0.3 is 0 Å². The van der Waals surface area contributed by atoms with Crippen molar-refractivity contribution in [2.75, 3.05) is 33.0 Å². The standard InChI is InChI=1S/C14H18ClNO4/c1-10-6-12(2-3-13(10)15)20-9-14(18)16-4-5-19-8-11(16)7-17/h2-3,6,11,17H,4-5,7-9H2,1H3. The Morgan fingerprint density at radius 2 is 2.40 bits per heavy atom. The first-order valence-electron chi connectivity index (χ1n) is 6.49. The number of benzene rings is 1. The molecule has 0 bridgehead atoms. The Hall–Kier alpha value is -1.30. The Morgan fingerprint density at radius 3 is 3.10 bits per heavy atom. The van der Waals surface area contributed by atoms with Crippen LogP contribution in [0.2, 0.25) is 5.02 Å². The van der Waals surface area contributed by atoms with E-state index >= 15 is 0 Å². The van der Waals surface area contributed by atoms with Crippen LogP contribution in [0.3, 0.4) is 0 Å². The summed E-state index contributed by atoms with van der Waals surface area (Å²) in [6.07, 6.45) is 0. The second-order valence-electron chi connectivity index (χ2n) is 4.70. The number of aryl methyl sites for hydroxylation is 1. The molecule has 0 radical (unpaired) electrons. The van der Waals surface area contributed by atoms with Gasteiger partial charge in [-0.15, -0.1) is 0 Å². The van der Waals surface area contributed by atoms with Gasteiger partial charge in [-0.1, -0.05) is 11.6 Å². The maximum Gasteiger partial charge on any atom is 0.260 e. The molecule has 0 aromatic heterocycles. The molecule has 1 aromatic rings. The zero-order chi connectivity index (χ0) is 14.5. The van der Waals surface area contributed by atoms with Gasteiger partial charge < -0.3 is 19.5 Å². The number of amides is 1. The van der Waals surface area contributed by atoms with Crippen LogP contribution >= 0.6 is 11.6 Å². The number of halogens is 1. The maximum absolute atomic E-state index is 12.1. The predicted molar refractivity (Wildman–Crippen MR) is 75.1 cm³/mol. The van der Waals surface area contributed by atoms with Crippen molar-refractivity contribution in [3.8, 4) is 5.75 Å². The van der Waals surface area contributed by atoms with Crippen LogP contribution in [0.5, 0.6) is 5.75 Å². The highest BCUT2D eigenvalue weighted by atomic mass is 35.5. The molecule has 1 N–H and O–H groups in total. The van der Waals surface area contributed by atoms with Crippen molar-refractivity contribution in [3.63, 3.8) is 0 Å². The highest BCUT2D eigenvalue weighted by Crippen LogP contribution is 2.21. The number of ether oxygens (including phenoxy) is 2. The summed E-state index contributed by atoms with van der Waals surface area (Å²) in [4.78, 5) is 13.7. The number of carbonyl (C=O) groups is 1. The first-order chi connectivity index (χ1) is 9.61. The van der Waals surface area contributed by atoms with E-state index in [9.17, 15) is 9.90 Å². The number of rotatable bonds is 4. The van der Waals surface area contributed by atoms with Crippen molar-refractivity contribution in [3.05, 3.63) is 28.8 Å². The van der Waals surface area contributed by atoms with Crippen LogP contribution in [0.1, 0.15) is 5.56 Å². The van der Waals surface area contributed by atoms with Crippen LogP contribution in [-0.4, -0.2) is 54.9 Å². The lowest BCUT2D eigenvalue weighted by molar-refractivity contribution is -0.143. The summed E-state index contributed by atoms with van der Waals surface area (Å²) in [6.45, 7) is 3.04. The number of carbonyl (C=O) groups excluding carboxylic acids is 1. The first-order valence-corrected chi connectivity index (χ1v) is 6.86. The topological polar surface area (TPSA) is 59.0 Å². The summed E-state index contributed by atoms with van der Waals surface area (Å²) in [6, 6.07) is 4.97. The summed E-state index contributed by atoms with van der Waals surface area (Å²) in [5.74, 6) is 0.453. The van der Waals surface area contributed by atoms with Crippen molar-refractivity contribution in [1.29, 1.82) is 0 Å². The quantitative estimate of drug-likeness (QED) is 0.909. The Labute approximate surface area is 123 Å². The highest BCUT2D eigenvalue weighted by molar-refractivity contribution is 6.31. The average Bonchev–Trinajstić information content (AvgIpc) is 2.48. The summed E-state index contributed by atoms with van der Waals surface area (Å²) in [5.41, 5.74) is 0.899. The minimum absolute atomic E-state index is 0.0580. The third-order valence-electron chi connectivity index (χ3n) is 3.25. The monoisotopic (exact) mass is 299 g/mol. The lowest BCUT2D eigenvalue weighted by Gasteiger charge is -2.34. The molecule has 0 spiro atoms. The molecule has 0 aliphatic carbocycles. The zero-order valence-electron chi connectivity index (χ0n) is 11.3. The minimum Gasteiger partial charge on any atom is -0.484 e. The molecule has 5 nitrogen and oxygen atoms in total. The van der Waals surface area contributed by atoms with Crippen molar-refractivity contribution < 1.29 is 19.4 Å². The summed E-state index contributed by atoms with van der Waals surface area (Å²) in [5, 5.41) is 9.90. The summed E-state index contributed by atoms with van der Waals surface area (Å²) < 4.78 is 10.7. The fourth-order valence-corrected chi connectivity index (χ4v) is 2.19. The van der Waals surface area contributed by atoms with Gasteiger partial charge in [0.2, 0.25) is 0 Å². The van der Waals surface area contributed by atoms with Gasteiger partial charge in [-0.05, 0) is 30.7 Å². The van der Waals surface area contributed by atoms with Gasteiger partial charge in [0.25, 0.3) is 5.91 Å². The van der Waals surface area contributed by atoms with E-state index in [-0.39, 0.29) is 25.2 Å². The third-order valence-corrected chi connectivity index (χ3v) is 3.67. The fraction of sp³-hybridized carbons (Fsp3) is 0.500. The minimum atomic E-state index is -0.285. The molecule has 1 unspecified atom stereocenters. The van der Waals surface area contributed by atoms with E-state index in [4.69, 9.17) is 21.1 Å². The van der Waals surface area contributed by atoms with E-state index in [2.05, 4.69) is 0 Å². The van der Waals surface area contributed by atoms with Crippen LogP contribution in [-0.2, 0) is 9.53 Å². The van der Waals surface area contributed by atoms with Crippen molar-refractivity contribution in [2.24, 2.45) is 0 Å². The van der Waals surface area contributed by atoms with Crippen molar-refractivity contribution >= 4 is 17.5 Å². The van der Waals surface area contributed by atoms with E-state index in [1.807, 2.05) is 6.92 Å². The molecule has 1 amide bonds. The SMILES string of the molecule is Cc1cc(OCC(=O)N2CCOCC2CO)ccc1Cl. The lowest BCUT2D eigenvalue weighted by atomic mass is 10.2. The number of hydrogen-bond acceptors (Lipinski definition) is 4. The van der Waals surface area contributed by atoms with Crippen LogP contribution < -0.4 is 4.74 Å². The molecule has 1 atom stereocenters. The molecule has 1 aromatic carbocycles. The Bertz CT molecular complexity index is 480. The molecule has 1 aliphatic rings. The van der Waals surface area contributed by atoms with Gasteiger partial charge in [0.1, 0.15) is 5.75 Å². The van der Waals surface area contributed by atoms with E-state index in [1.165, 1.54) is 0 Å². The summed E-state index contributed by atoms with van der Waals surface area (Å²) >= 11 is 5.93. The van der Waals surface area contributed by atoms with E-state index in [0.29, 0.717) is 30.5 Å². The fourth-order valence-electron chi connectivity index (χ4n) is 2.07. The number of aliphatic hydroxyl groups is 1. The van der Waals surface area contributed by atoms with Crippen LogP contribution in [0, 0.1) is 6.92 Å². The molecule has 1 aliphatic heterocycles. The zero-order valence-corrected chi connectivity index (χ0v) is 12.1. The number of morpholine rings is 1. The van der Waals surface area contributed by atoms with E-state index in [0.717, 1.165) is 5.56 Å². The normalized spacial score (nSPS) is 18.9. The molecule has 1 heterocycles. The molecule has 110 valence electrons. The molecule has 1 fully saturated rings. The van der Waals surface area contributed by atoms with Crippen LogP contribution in [0.4, 0.5) is 0 Å². The van der Waals surface area contributed by atoms with Gasteiger partial charge in [-0.25, -0.2) is 0 Å². The first kappa shape index (κ1) is 15.1. The van der Waals surface area contributed by atoms with Crippen LogP contribution in [0.25, 0.3) is 0 Å². The largest absolute Gasteiger partial charge is 0.484 e. The van der Waals surface area contributed by atoms with E-state index < -0.39 is 0 Å². The summed E-state index contributed by atoms with van der Waals surface area (Å²) in [7, 11) is 0. The van der Waals surface area contributed by atoms with Crippen LogP contribution in [0.15, 0.2) is 18.2 Å². The second-order valence-corrected chi connectivity index (χ2v) is 5.11. The Morgan fingerprint density at radius 1 is 1.60 bits per heavy atom. The Balaban J connectivity index is 1.92. The van der Waals surface area contributed by atoms with Gasteiger partial charge in [-0.3, -0.25) is 4.79 Å². The highest BCUT2D eigenvalue weighted by Gasteiger charge is 2.26. The van der Waals surface area contributed by atoms with Gasteiger partial charge in [-0.2, -0.15) is 0 Å². The molecule has 0 saturated carbocycles. The van der Waals surface area contributed by atoms with Crippen molar-refractivity contribution in [2.45, 2.75) is 13.0 Å². The predicted octanol–water partition coefficient (Wildman–Crippen LogP) is 1.25. The molecule has 20 heavy (non-hydrogen) atoms. The molecule has 6 heteroatoms. The molecule has 1 saturated heterocycles. The molecular formula is C14H18ClNO4. The second kappa shape index (κ2) is 6.92. The van der Waals surface area contributed by atoms with E-state index in [1.54, 1.807) is 23.1 Å². The van der Waals surface area contributed by atoms with Gasteiger partial charge in [0.15, 0.2) is 6.61 Å². The lowest BCUT2D eigenvalue weighted by Crippen LogP contribution is -2.51. The average molecular weight is 300 g/mol. The van der Waals surface area contributed by atoms with Gasteiger partial charge in [0.05, 0.1) is 25.9 Å². The Kier molecular flexibility index (Phi) is 5.23. The van der Waals surface area contributed by atoms with Gasteiger partial charge in [0, 0.05) is 11.6 Å². The third kappa shape index (κ3) is 3.62. The number of nitrogens with zero attached hydrogens (tertiary/aromatic N) is 1. The number of hydrogen-bond donors (Lipinski definition) is 1. The number of aliphatic hydroxyl groups excluding tert-OH is 1.